The third kappa shape index (κ3) is 2.59. The normalized spacial score (nSPS) is 33.4. The van der Waals surface area contributed by atoms with Crippen molar-refractivity contribution < 1.29 is 32.6 Å². The van der Waals surface area contributed by atoms with Gasteiger partial charge in [-0.05, 0) is 13.0 Å². The highest BCUT2D eigenvalue weighted by atomic mass is 19.4. The van der Waals surface area contributed by atoms with E-state index in [1.54, 1.807) is 0 Å². The minimum Gasteiger partial charge on any atom is -0.480 e. The number of hydrogen-bond donors (Lipinski definition) is 2. The third-order valence-electron chi connectivity index (χ3n) is 4.25. The number of alkyl halides is 3. The van der Waals surface area contributed by atoms with Gasteiger partial charge in [0.2, 0.25) is 5.91 Å². The number of carboxylic acids is 1. The van der Waals surface area contributed by atoms with Gasteiger partial charge in [0.15, 0.2) is 5.41 Å². The highest BCUT2D eigenvalue weighted by Crippen LogP contribution is 2.45. The summed E-state index contributed by atoms with van der Waals surface area (Å²) in [5.74, 6) is -2.49. The van der Waals surface area contributed by atoms with Crippen LogP contribution in [0.5, 0.6) is 0 Å². The monoisotopic (exact) mass is 310 g/mol. The van der Waals surface area contributed by atoms with Crippen LogP contribution in [0.25, 0.3) is 0 Å². The van der Waals surface area contributed by atoms with Crippen LogP contribution in [0.1, 0.15) is 12.8 Å². The maximum Gasteiger partial charge on any atom is 0.404 e. The molecule has 21 heavy (non-hydrogen) atoms. The SMILES string of the molecule is COC1CC(C(=O)O)N(C(=O)C2(C(F)(F)F)CCNC2)C1. The number of amides is 1. The van der Waals surface area contributed by atoms with E-state index in [4.69, 9.17) is 9.84 Å². The highest BCUT2D eigenvalue weighted by molar-refractivity contribution is 5.89. The van der Waals surface area contributed by atoms with Crippen LogP contribution in [-0.2, 0) is 14.3 Å². The number of nitrogens with zero attached hydrogens (tertiary/aromatic N) is 1. The minimum absolute atomic E-state index is 0.00105. The molecule has 0 saturated carbocycles. The number of aliphatic carboxylic acids is 1. The average molecular weight is 310 g/mol. The fourth-order valence-corrected chi connectivity index (χ4v) is 2.94. The van der Waals surface area contributed by atoms with E-state index in [2.05, 4.69) is 5.32 Å². The molecule has 3 atom stereocenters. The number of carboxylic acid groups (broad SMARTS) is 1. The van der Waals surface area contributed by atoms with E-state index in [1.807, 2.05) is 0 Å². The lowest BCUT2D eigenvalue weighted by Crippen LogP contribution is -2.56. The quantitative estimate of drug-likeness (QED) is 0.780. The number of ether oxygens (including phenoxy) is 1. The number of nitrogens with one attached hydrogen (secondary N) is 1. The first-order chi connectivity index (χ1) is 9.73. The van der Waals surface area contributed by atoms with Gasteiger partial charge in [-0.3, -0.25) is 4.79 Å². The second-order valence-electron chi connectivity index (χ2n) is 5.41. The molecule has 2 saturated heterocycles. The molecule has 6 nitrogen and oxygen atoms in total. The van der Waals surface area contributed by atoms with E-state index in [-0.39, 0.29) is 25.9 Å². The van der Waals surface area contributed by atoms with Gasteiger partial charge < -0.3 is 20.1 Å². The lowest BCUT2D eigenvalue weighted by Gasteiger charge is -2.35. The van der Waals surface area contributed by atoms with E-state index in [0.29, 0.717) is 0 Å². The van der Waals surface area contributed by atoms with Crippen LogP contribution in [0, 0.1) is 5.41 Å². The summed E-state index contributed by atoms with van der Waals surface area (Å²) in [5.41, 5.74) is -2.54. The Morgan fingerprint density at radius 1 is 1.43 bits per heavy atom. The summed E-state index contributed by atoms with van der Waals surface area (Å²) < 4.78 is 45.1. The van der Waals surface area contributed by atoms with Gasteiger partial charge >= 0.3 is 12.1 Å². The second kappa shape index (κ2) is 5.45. The van der Waals surface area contributed by atoms with Gasteiger partial charge in [-0.25, -0.2) is 4.79 Å². The van der Waals surface area contributed by atoms with Crippen LogP contribution in [0.3, 0.4) is 0 Å². The molecule has 0 spiro atoms. The molecule has 3 unspecified atom stereocenters. The topological polar surface area (TPSA) is 78.9 Å². The largest absolute Gasteiger partial charge is 0.480 e. The van der Waals surface area contributed by atoms with E-state index in [1.165, 1.54) is 7.11 Å². The maximum absolute atomic E-state index is 13.4. The zero-order valence-corrected chi connectivity index (χ0v) is 11.4. The van der Waals surface area contributed by atoms with Crippen LogP contribution < -0.4 is 5.32 Å². The molecule has 0 radical (unpaired) electrons. The van der Waals surface area contributed by atoms with Crippen molar-refractivity contribution in [3.05, 3.63) is 0 Å². The van der Waals surface area contributed by atoms with Crippen molar-refractivity contribution >= 4 is 11.9 Å². The predicted octanol–water partition coefficient (Wildman–Crippen LogP) is 0.229. The summed E-state index contributed by atoms with van der Waals surface area (Å²) in [7, 11) is 1.34. The lowest BCUT2D eigenvalue weighted by atomic mass is 9.84. The molecule has 9 heteroatoms. The fourth-order valence-electron chi connectivity index (χ4n) is 2.94. The second-order valence-corrected chi connectivity index (χ2v) is 5.41. The Labute approximate surface area is 119 Å². The standard InChI is InChI=1S/C12H17F3N2O4/c1-21-7-4-8(9(18)19)17(5-7)10(20)11(12(13,14)15)2-3-16-6-11/h7-8,16H,2-6H2,1H3,(H,18,19). The van der Waals surface area contributed by atoms with Crippen LogP contribution >= 0.6 is 0 Å². The molecule has 2 rings (SSSR count). The van der Waals surface area contributed by atoms with Gasteiger partial charge in [-0.1, -0.05) is 0 Å². The highest BCUT2D eigenvalue weighted by Gasteiger charge is 2.64. The van der Waals surface area contributed by atoms with E-state index >= 15 is 0 Å². The van der Waals surface area contributed by atoms with Crippen molar-refractivity contribution in [2.45, 2.75) is 31.2 Å². The van der Waals surface area contributed by atoms with Crippen molar-refractivity contribution in [3.63, 3.8) is 0 Å². The zero-order valence-electron chi connectivity index (χ0n) is 11.4. The summed E-state index contributed by atoms with van der Waals surface area (Å²) >= 11 is 0. The Bertz CT molecular complexity index is 435. The Morgan fingerprint density at radius 3 is 2.52 bits per heavy atom. The number of hydrogen-bond acceptors (Lipinski definition) is 4. The predicted molar refractivity (Wildman–Crippen MR) is 64.5 cm³/mol. The molecule has 2 heterocycles. The first-order valence-electron chi connectivity index (χ1n) is 6.57. The van der Waals surface area contributed by atoms with Gasteiger partial charge in [0, 0.05) is 26.6 Å². The Hall–Kier alpha value is -1.35. The van der Waals surface area contributed by atoms with Gasteiger partial charge in [0.25, 0.3) is 0 Å². The number of likely N-dealkylation sites (tertiary alicyclic amines) is 1. The van der Waals surface area contributed by atoms with Crippen molar-refractivity contribution in [2.24, 2.45) is 5.41 Å². The number of rotatable bonds is 3. The molecule has 2 fully saturated rings. The molecular weight excluding hydrogens is 293 g/mol. The fraction of sp³-hybridized carbons (Fsp3) is 0.833. The molecule has 0 aromatic carbocycles. The third-order valence-corrected chi connectivity index (χ3v) is 4.25. The van der Waals surface area contributed by atoms with Crippen molar-refractivity contribution in [1.82, 2.24) is 10.2 Å². The Balaban J connectivity index is 2.30. The molecule has 0 aliphatic carbocycles. The molecule has 2 aliphatic rings. The number of methoxy groups -OCH3 is 1. The number of carbonyl (C=O) groups excluding carboxylic acids is 1. The van der Waals surface area contributed by atoms with Crippen molar-refractivity contribution in [1.29, 1.82) is 0 Å². The van der Waals surface area contributed by atoms with E-state index in [0.717, 1.165) is 4.90 Å². The van der Waals surface area contributed by atoms with Gasteiger partial charge in [0.1, 0.15) is 6.04 Å². The summed E-state index contributed by atoms with van der Waals surface area (Å²) in [6.45, 7) is -0.579. The van der Waals surface area contributed by atoms with Gasteiger partial charge in [-0.2, -0.15) is 13.2 Å². The van der Waals surface area contributed by atoms with Crippen LogP contribution in [0.15, 0.2) is 0 Å². The Kier molecular flexibility index (Phi) is 4.16. The molecule has 0 aromatic rings. The smallest absolute Gasteiger partial charge is 0.404 e. The summed E-state index contributed by atoms with van der Waals surface area (Å²) in [4.78, 5) is 24.4. The van der Waals surface area contributed by atoms with Gasteiger partial charge in [-0.15, -0.1) is 0 Å². The average Bonchev–Trinajstić information content (AvgIpc) is 3.04. The molecule has 2 aliphatic heterocycles. The molecule has 0 aromatic heterocycles. The number of carbonyl (C=O) groups is 2. The van der Waals surface area contributed by atoms with Crippen LogP contribution in [-0.4, -0.2) is 66.9 Å². The summed E-state index contributed by atoms with van der Waals surface area (Å²) in [5, 5.41) is 11.7. The molecule has 0 bridgehead atoms. The van der Waals surface area contributed by atoms with Crippen molar-refractivity contribution in [3.8, 4) is 0 Å². The lowest BCUT2D eigenvalue weighted by molar-refractivity contribution is -0.222. The van der Waals surface area contributed by atoms with E-state index < -0.39 is 42.2 Å². The molecule has 1 amide bonds. The first kappa shape index (κ1) is 16.0. The minimum atomic E-state index is -4.72. The molecular formula is C12H17F3N2O4. The maximum atomic E-state index is 13.4. The first-order valence-corrected chi connectivity index (χ1v) is 6.57. The summed E-state index contributed by atoms with van der Waals surface area (Å²) in [6, 6.07) is -1.28. The molecule has 120 valence electrons. The Morgan fingerprint density at radius 2 is 2.10 bits per heavy atom. The van der Waals surface area contributed by atoms with Crippen LogP contribution in [0.2, 0.25) is 0 Å². The number of halogens is 3. The zero-order chi connectivity index (χ0) is 15.8. The van der Waals surface area contributed by atoms with E-state index in [9.17, 15) is 22.8 Å². The van der Waals surface area contributed by atoms with Gasteiger partial charge in [0.05, 0.1) is 6.10 Å². The molecule has 2 N–H and O–H groups in total. The van der Waals surface area contributed by atoms with Crippen molar-refractivity contribution in [2.75, 3.05) is 26.7 Å². The van der Waals surface area contributed by atoms with Crippen LogP contribution in [0.4, 0.5) is 13.2 Å². The summed E-state index contributed by atoms with van der Waals surface area (Å²) in [6.07, 6.45) is -5.66.